The van der Waals surface area contributed by atoms with E-state index in [0.717, 1.165) is 56.9 Å². The largest absolute Gasteiger partial charge is 0.381 e. The lowest BCUT2D eigenvalue weighted by atomic mass is 9.95. The zero-order valence-electron chi connectivity index (χ0n) is 18.4. The molecule has 0 bridgehead atoms. The minimum absolute atomic E-state index is 0.0476. The van der Waals surface area contributed by atoms with E-state index in [1.54, 1.807) is 0 Å². The number of ether oxygens (including phenoxy) is 2. The summed E-state index contributed by atoms with van der Waals surface area (Å²) in [5, 5.41) is 8.70. The van der Waals surface area contributed by atoms with Crippen molar-refractivity contribution in [3.63, 3.8) is 0 Å². The summed E-state index contributed by atoms with van der Waals surface area (Å²) in [4.78, 5) is 17.6. The number of hydrogen-bond acceptors (Lipinski definition) is 6. The molecule has 0 aliphatic carbocycles. The van der Waals surface area contributed by atoms with Crippen LogP contribution in [0.3, 0.4) is 0 Å². The molecule has 166 valence electrons. The molecule has 5 rings (SSSR count). The number of carbonyl (C=O) groups excluding carboxylic acids is 1. The van der Waals surface area contributed by atoms with Crippen molar-refractivity contribution >= 4 is 5.91 Å². The van der Waals surface area contributed by atoms with Gasteiger partial charge < -0.3 is 14.4 Å². The average Bonchev–Trinajstić information content (AvgIpc) is 3.19. The summed E-state index contributed by atoms with van der Waals surface area (Å²) < 4.78 is 12.9. The standard InChI is InChI=1S/C23H31N5O3/c1-16-15-31-13-10-27(16)23(29)22-17(2)28(25-24-22)21-5-3-4-18-14-26(9-6-20(18)21)19-7-11-30-12-8-19/h3-5,16,19H,6-15H2,1-2H3/t16-/m0/s1. The van der Waals surface area contributed by atoms with E-state index in [9.17, 15) is 4.79 Å². The van der Waals surface area contributed by atoms with Crippen LogP contribution in [0.1, 0.15) is 47.1 Å². The lowest BCUT2D eigenvalue weighted by Gasteiger charge is -2.38. The molecule has 0 radical (unpaired) electrons. The van der Waals surface area contributed by atoms with Gasteiger partial charge in [-0.1, -0.05) is 17.3 Å². The Morgan fingerprint density at radius 3 is 2.77 bits per heavy atom. The highest BCUT2D eigenvalue weighted by atomic mass is 16.5. The summed E-state index contributed by atoms with van der Waals surface area (Å²) in [6, 6.07) is 7.06. The average molecular weight is 426 g/mol. The van der Waals surface area contributed by atoms with Crippen LogP contribution in [0.15, 0.2) is 18.2 Å². The minimum atomic E-state index is -0.0601. The van der Waals surface area contributed by atoms with Gasteiger partial charge in [-0.05, 0) is 50.3 Å². The second-order valence-electron chi connectivity index (χ2n) is 8.84. The Balaban J connectivity index is 1.40. The van der Waals surface area contributed by atoms with E-state index in [0.29, 0.717) is 31.5 Å². The van der Waals surface area contributed by atoms with Crippen LogP contribution >= 0.6 is 0 Å². The number of morpholine rings is 1. The molecule has 0 saturated carbocycles. The lowest BCUT2D eigenvalue weighted by Crippen LogP contribution is -2.47. The number of benzene rings is 1. The maximum Gasteiger partial charge on any atom is 0.276 e. The van der Waals surface area contributed by atoms with Gasteiger partial charge in [0.25, 0.3) is 5.91 Å². The molecule has 31 heavy (non-hydrogen) atoms. The molecule has 2 aromatic rings. The smallest absolute Gasteiger partial charge is 0.276 e. The molecule has 8 nitrogen and oxygen atoms in total. The van der Waals surface area contributed by atoms with Crippen LogP contribution in [0.5, 0.6) is 0 Å². The van der Waals surface area contributed by atoms with Crippen LogP contribution in [-0.4, -0.2) is 82.3 Å². The predicted molar refractivity (Wildman–Crippen MR) is 115 cm³/mol. The van der Waals surface area contributed by atoms with E-state index in [4.69, 9.17) is 9.47 Å². The SMILES string of the molecule is Cc1c(C(=O)N2CCOC[C@@H]2C)nnn1-c1cccc2c1CCN(C1CCOCC1)C2. The first-order valence-corrected chi connectivity index (χ1v) is 11.4. The monoisotopic (exact) mass is 425 g/mol. The van der Waals surface area contributed by atoms with Gasteiger partial charge in [0, 0.05) is 38.9 Å². The van der Waals surface area contributed by atoms with E-state index >= 15 is 0 Å². The van der Waals surface area contributed by atoms with Crippen LogP contribution in [-0.2, 0) is 22.4 Å². The molecule has 3 aliphatic heterocycles. The maximum atomic E-state index is 13.1. The highest BCUT2D eigenvalue weighted by molar-refractivity contribution is 5.93. The fourth-order valence-electron chi connectivity index (χ4n) is 5.09. The predicted octanol–water partition coefficient (Wildman–Crippen LogP) is 1.97. The van der Waals surface area contributed by atoms with Crippen molar-refractivity contribution in [3.8, 4) is 5.69 Å². The van der Waals surface area contributed by atoms with Gasteiger partial charge in [-0.25, -0.2) is 4.68 Å². The van der Waals surface area contributed by atoms with E-state index in [2.05, 4.69) is 33.4 Å². The van der Waals surface area contributed by atoms with Gasteiger partial charge in [-0.3, -0.25) is 9.69 Å². The number of aromatic nitrogens is 3. The summed E-state index contributed by atoms with van der Waals surface area (Å²) in [5.41, 5.74) is 4.94. The number of rotatable bonds is 3. The van der Waals surface area contributed by atoms with E-state index < -0.39 is 0 Å². The van der Waals surface area contributed by atoms with Gasteiger partial charge in [-0.15, -0.1) is 5.10 Å². The molecule has 1 atom stereocenters. The van der Waals surface area contributed by atoms with Crippen molar-refractivity contribution in [2.45, 2.75) is 51.7 Å². The van der Waals surface area contributed by atoms with Crippen LogP contribution in [0.2, 0.25) is 0 Å². The summed E-state index contributed by atoms with van der Waals surface area (Å²) >= 11 is 0. The quantitative estimate of drug-likeness (QED) is 0.749. The molecule has 1 amide bonds. The van der Waals surface area contributed by atoms with Gasteiger partial charge in [-0.2, -0.15) is 0 Å². The van der Waals surface area contributed by atoms with Crippen molar-refractivity contribution in [1.82, 2.24) is 24.8 Å². The minimum Gasteiger partial charge on any atom is -0.381 e. The summed E-state index contributed by atoms with van der Waals surface area (Å²) in [6.07, 6.45) is 3.21. The van der Waals surface area contributed by atoms with Gasteiger partial charge >= 0.3 is 0 Å². The highest BCUT2D eigenvalue weighted by Gasteiger charge is 2.30. The third-order valence-corrected chi connectivity index (χ3v) is 6.93. The first-order chi connectivity index (χ1) is 15.1. The topological polar surface area (TPSA) is 72.7 Å². The van der Waals surface area contributed by atoms with Crippen molar-refractivity contribution in [3.05, 3.63) is 40.7 Å². The Hall–Kier alpha value is -2.29. The number of fused-ring (bicyclic) bond motifs is 1. The van der Waals surface area contributed by atoms with Gasteiger partial charge in [0.05, 0.1) is 30.6 Å². The Kier molecular flexibility index (Phi) is 5.77. The molecule has 4 heterocycles. The Morgan fingerprint density at radius 1 is 1.13 bits per heavy atom. The number of nitrogens with zero attached hydrogens (tertiary/aromatic N) is 5. The number of hydrogen-bond donors (Lipinski definition) is 0. The van der Waals surface area contributed by atoms with Gasteiger partial charge in [0.2, 0.25) is 0 Å². The summed E-state index contributed by atoms with van der Waals surface area (Å²) in [5.74, 6) is -0.0601. The molecule has 0 spiro atoms. The molecule has 2 saturated heterocycles. The van der Waals surface area contributed by atoms with Crippen molar-refractivity contribution in [2.24, 2.45) is 0 Å². The number of amides is 1. The van der Waals surface area contributed by atoms with Crippen LogP contribution in [0.4, 0.5) is 0 Å². The van der Waals surface area contributed by atoms with Crippen LogP contribution in [0, 0.1) is 6.92 Å². The Morgan fingerprint density at radius 2 is 1.97 bits per heavy atom. The lowest BCUT2D eigenvalue weighted by molar-refractivity contribution is 0.00322. The van der Waals surface area contributed by atoms with E-state index in [1.807, 2.05) is 23.4 Å². The molecular formula is C23H31N5O3. The number of carbonyl (C=O) groups is 1. The zero-order valence-corrected chi connectivity index (χ0v) is 18.4. The molecular weight excluding hydrogens is 394 g/mol. The maximum absolute atomic E-state index is 13.1. The highest BCUT2D eigenvalue weighted by Crippen LogP contribution is 2.29. The third kappa shape index (κ3) is 3.88. The van der Waals surface area contributed by atoms with Crippen molar-refractivity contribution in [2.75, 3.05) is 39.5 Å². The Labute approximate surface area is 183 Å². The van der Waals surface area contributed by atoms with Crippen molar-refractivity contribution in [1.29, 1.82) is 0 Å². The fraction of sp³-hybridized carbons (Fsp3) is 0.609. The van der Waals surface area contributed by atoms with E-state index in [1.165, 1.54) is 11.1 Å². The normalized spacial score (nSPS) is 23.0. The van der Waals surface area contributed by atoms with E-state index in [-0.39, 0.29) is 11.9 Å². The second-order valence-corrected chi connectivity index (χ2v) is 8.84. The fourth-order valence-corrected chi connectivity index (χ4v) is 5.09. The third-order valence-electron chi connectivity index (χ3n) is 6.93. The second kappa shape index (κ2) is 8.68. The molecule has 3 aliphatic rings. The summed E-state index contributed by atoms with van der Waals surface area (Å²) in [6.45, 7) is 9.40. The van der Waals surface area contributed by atoms with Crippen LogP contribution in [0.25, 0.3) is 5.69 Å². The Bertz CT molecular complexity index is 953. The molecule has 1 aromatic carbocycles. The zero-order chi connectivity index (χ0) is 21.4. The molecule has 1 aromatic heterocycles. The molecule has 0 unspecified atom stereocenters. The van der Waals surface area contributed by atoms with Gasteiger partial charge in [0.1, 0.15) is 0 Å². The first-order valence-electron chi connectivity index (χ1n) is 11.4. The summed E-state index contributed by atoms with van der Waals surface area (Å²) in [7, 11) is 0. The van der Waals surface area contributed by atoms with Crippen LogP contribution < -0.4 is 0 Å². The molecule has 8 heteroatoms. The van der Waals surface area contributed by atoms with Crippen molar-refractivity contribution < 1.29 is 14.3 Å². The molecule has 2 fully saturated rings. The first kappa shape index (κ1) is 20.6. The molecule has 0 N–H and O–H groups in total. The van der Waals surface area contributed by atoms with Gasteiger partial charge in [0.15, 0.2) is 5.69 Å².